The molecular weight excluding hydrogens is 334 g/mol. The van der Waals surface area contributed by atoms with Crippen molar-refractivity contribution >= 4 is 28.1 Å². The van der Waals surface area contributed by atoms with E-state index in [1.807, 2.05) is 0 Å². The third-order valence-electron chi connectivity index (χ3n) is 3.31. The van der Waals surface area contributed by atoms with Crippen LogP contribution in [0.25, 0.3) is 0 Å². The zero-order valence-electron chi connectivity index (χ0n) is 11.9. The van der Waals surface area contributed by atoms with E-state index >= 15 is 0 Å². The maximum atomic E-state index is 12.3. The number of hydrogen-bond acceptors (Lipinski definition) is 6. The molecule has 1 aliphatic heterocycles. The first-order chi connectivity index (χ1) is 9.94. The van der Waals surface area contributed by atoms with Gasteiger partial charge in [0.05, 0.1) is 18.1 Å². The second-order valence-electron chi connectivity index (χ2n) is 4.74. The molecule has 0 aliphatic carbocycles. The number of hydrogen-bond donors (Lipinski definition) is 2. The number of piperidine rings is 1. The van der Waals surface area contributed by atoms with Crippen LogP contribution in [-0.4, -0.2) is 39.6 Å². The molecule has 124 valence electrons. The summed E-state index contributed by atoms with van der Waals surface area (Å²) in [5.41, 5.74) is -0.490. The van der Waals surface area contributed by atoms with E-state index in [2.05, 4.69) is 10.0 Å². The Labute approximate surface area is 134 Å². The number of nitrogens with one attached hydrogen (secondary N) is 2. The smallest absolute Gasteiger partial charge is 0.293 e. The van der Waals surface area contributed by atoms with E-state index in [0.29, 0.717) is 12.8 Å². The fraction of sp³-hybridized carbons (Fsp3) is 0.500. The Morgan fingerprint density at radius 2 is 2.00 bits per heavy atom. The number of rotatable bonds is 5. The summed E-state index contributed by atoms with van der Waals surface area (Å²) in [4.78, 5) is 10.0. The minimum absolute atomic E-state index is 0. The number of ether oxygens (including phenoxy) is 1. The molecular formula is C12H18ClN3O5S. The maximum Gasteiger partial charge on any atom is 0.293 e. The lowest BCUT2D eigenvalue weighted by atomic mass is 10.1. The van der Waals surface area contributed by atoms with Crippen molar-refractivity contribution in [3.63, 3.8) is 0 Å². The van der Waals surface area contributed by atoms with Crippen molar-refractivity contribution in [1.82, 2.24) is 10.0 Å². The first kappa shape index (κ1) is 18.6. The van der Waals surface area contributed by atoms with Gasteiger partial charge in [0.15, 0.2) is 4.90 Å². The molecule has 0 radical (unpaired) electrons. The van der Waals surface area contributed by atoms with E-state index in [9.17, 15) is 18.5 Å². The minimum atomic E-state index is -3.94. The van der Waals surface area contributed by atoms with Crippen molar-refractivity contribution in [2.45, 2.75) is 23.8 Å². The molecule has 0 aromatic heterocycles. The van der Waals surface area contributed by atoms with Crippen LogP contribution in [-0.2, 0) is 10.0 Å². The lowest BCUT2D eigenvalue weighted by Crippen LogP contribution is -2.42. The van der Waals surface area contributed by atoms with Gasteiger partial charge in [0, 0.05) is 6.04 Å². The predicted molar refractivity (Wildman–Crippen MR) is 83.1 cm³/mol. The standard InChI is InChI=1S/C12H17N3O5S.ClH/c1-20-10-2-3-12(11(8-10)15(16)17)21(18,19)14-9-4-6-13-7-5-9;/h2-3,8-9,13-14H,4-7H2,1H3;1H. The molecule has 8 nitrogen and oxygen atoms in total. The molecule has 1 aliphatic rings. The highest BCUT2D eigenvalue weighted by atomic mass is 35.5. The molecule has 22 heavy (non-hydrogen) atoms. The zero-order chi connectivity index (χ0) is 15.5. The zero-order valence-corrected chi connectivity index (χ0v) is 13.6. The highest BCUT2D eigenvalue weighted by Gasteiger charge is 2.29. The van der Waals surface area contributed by atoms with E-state index in [4.69, 9.17) is 4.74 Å². The Kier molecular flexibility index (Phi) is 6.54. The Hall–Kier alpha value is -1.42. The van der Waals surface area contributed by atoms with Crippen molar-refractivity contribution in [3.8, 4) is 5.75 Å². The summed E-state index contributed by atoms with van der Waals surface area (Å²) in [6.45, 7) is 1.44. The molecule has 2 N–H and O–H groups in total. The van der Waals surface area contributed by atoms with Crippen LogP contribution in [0.15, 0.2) is 23.1 Å². The highest BCUT2D eigenvalue weighted by molar-refractivity contribution is 7.89. The molecule has 1 saturated heterocycles. The van der Waals surface area contributed by atoms with Crippen molar-refractivity contribution in [1.29, 1.82) is 0 Å². The Morgan fingerprint density at radius 1 is 1.36 bits per heavy atom. The van der Waals surface area contributed by atoms with Crippen molar-refractivity contribution in [2.75, 3.05) is 20.2 Å². The molecule has 1 fully saturated rings. The van der Waals surface area contributed by atoms with Gasteiger partial charge < -0.3 is 10.1 Å². The normalized spacial score (nSPS) is 15.9. The van der Waals surface area contributed by atoms with Crippen LogP contribution in [0.1, 0.15) is 12.8 Å². The van der Waals surface area contributed by atoms with Crippen LogP contribution >= 0.6 is 12.4 Å². The molecule has 1 aromatic rings. The number of nitro benzene ring substituents is 1. The van der Waals surface area contributed by atoms with Gasteiger partial charge in [-0.2, -0.15) is 0 Å². The van der Waals surface area contributed by atoms with Crippen molar-refractivity contribution in [3.05, 3.63) is 28.3 Å². The Morgan fingerprint density at radius 3 is 2.55 bits per heavy atom. The third kappa shape index (κ3) is 4.29. The first-order valence-electron chi connectivity index (χ1n) is 6.49. The fourth-order valence-corrected chi connectivity index (χ4v) is 3.67. The molecule has 1 heterocycles. The van der Waals surface area contributed by atoms with Crippen LogP contribution in [0, 0.1) is 10.1 Å². The number of nitro groups is 1. The topological polar surface area (TPSA) is 111 Å². The average Bonchev–Trinajstić information content (AvgIpc) is 2.47. The summed E-state index contributed by atoms with van der Waals surface area (Å²) in [5, 5.41) is 14.2. The van der Waals surface area contributed by atoms with Gasteiger partial charge in [-0.3, -0.25) is 10.1 Å². The lowest BCUT2D eigenvalue weighted by Gasteiger charge is -2.23. The van der Waals surface area contributed by atoms with Crippen LogP contribution in [0.3, 0.4) is 0 Å². The summed E-state index contributed by atoms with van der Waals surface area (Å²) >= 11 is 0. The van der Waals surface area contributed by atoms with Gasteiger partial charge in [-0.05, 0) is 38.1 Å². The van der Waals surface area contributed by atoms with Gasteiger partial charge in [-0.25, -0.2) is 13.1 Å². The quantitative estimate of drug-likeness (QED) is 0.606. The van der Waals surface area contributed by atoms with Gasteiger partial charge in [-0.15, -0.1) is 12.4 Å². The van der Waals surface area contributed by atoms with E-state index in [0.717, 1.165) is 19.2 Å². The van der Waals surface area contributed by atoms with Crippen LogP contribution in [0.4, 0.5) is 5.69 Å². The molecule has 0 atom stereocenters. The van der Waals surface area contributed by atoms with E-state index in [-0.39, 0.29) is 29.1 Å². The highest BCUT2D eigenvalue weighted by Crippen LogP contribution is 2.28. The van der Waals surface area contributed by atoms with E-state index in [1.165, 1.54) is 19.2 Å². The summed E-state index contributed by atoms with van der Waals surface area (Å²) in [6, 6.07) is 3.49. The van der Waals surface area contributed by atoms with E-state index < -0.39 is 20.6 Å². The van der Waals surface area contributed by atoms with Crippen LogP contribution < -0.4 is 14.8 Å². The van der Waals surface area contributed by atoms with Crippen LogP contribution in [0.5, 0.6) is 5.75 Å². The molecule has 2 rings (SSSR count). The predicted octanol–water partition coefficient (Wildman–Crippen LogP) is 1.06. The molecule has 0 spiro atoms. The molecule has 0 bridgehead atoms. The number of benzene rings is 1. The molecule has 10 heteroatoms. The fourth-order valence-electron chi connectivity index (χ4n) is 2.22. The second-order valence-corrected chi connectivity index (χ2v) is 6.42. The second kappa shape index (κ2) is 7.73. The largest absolute Gasteiger partial charge is 0.497 e. The van der Waals surface area contributed by atoms with Gasteiger partial charge in [0.1, 0.15) is 5.75 Å². The van der Waals surface area contributed by atoms with Crippen molar-refractivity contribution < 1.29 is 18.1 Å². The average molecular weight is 352 g/mol. The number of sulfonamides is 1. The minimum Gasteiger partial charge on any atom is -0.497 e. The Balaban J connectivity index is 0.00000242. The number of methoxy groups -OCH3 is 1. The number of nitrogens with zero attached hydrogens (tertiary/aromatic N) is 1. The summed E-state index contributed by atoms with van der Waals surface area (Å²) in [7, 11) is -2.57. The van der Waals surface area contributed by atoms with Gasteiger partial charge >= 0.3 is 0 Å². The molecule has 1 aromatic carbocycles. The molecule has 0 amide bonds. The summed E-state index contributed by atoms with van der Waals surface area (Å²) in [5.74, 6) is 0.238. The van der Waals surface area contributed by atoms with Crippen molar-refractivity contribution in [2.24, 2.45) is 0 Å². The van der Waals surface area contributed by atoms with Crippen LogP contribution in [0.2, 0.25) is 0 Å². The SMILES string of the molecule is COc1ccc(S(=O)(=O)NC2CCNCC2)c([N+](=O)[O-])c1.Cl. The molecule has 0 unspecified atom stereocenters. The van der Waals surface area contributed by atoms with Gasteiger partial charge in [0.25, 0.3) is 5.69 Å². The molecule has 0 saturated carbocycles. The first-order valence-corrected chi connectivity index (χ1v) is 7.98. The van der Waals surface area contributed by atoms with E-state index in [1.54, 1.807) is 0 Å². The summed E-state index contributed by atoms with van der Waals surface area (Å²) < 4.78 is 32.1. The number of halogens is 1. The van der Waals surface area contributed by atoms with Gasteiger partial charge in [-0.1, -0.05) is 0 Å². The third-order valence-corrected chi connectivity index (χ3v) is 4.88. The maximum absolute atomic E-state index is 12.3. The monoisotopic (exact) mass is 351 g/mol. The summed E-state index contributed by atoms with van der Waals surface area (Å²) in [6.07, 6.45) is 1.31. The lowest BCUT2D eigenvalue weighted by molar-refractivity contribution is -0.387. The van der Waals surface area contributed by atoms with Gasteiger partial charge in [0.2, 0.25) is 10.0 Å². The Bertz CT molecular complexity index is 632.